The first-order chi connectivity index (χ1) is 6.08. The quantitative estimate of drug-likeness (QED) is 0.504. The number of hydrogen-bond acceptors (Lipinski definition) is 4. The smallest absolute Gasteiger partial charge is 0.330 e. The van der Waals surface area contributed by atoms with E-state index in [9.17, 15) is 4.79 Å². The summed E-state index contributed by atoms with van der Waals surface area (Å²) in [6.07, 6.45) is 2.73. The molecule has 0 radical (unpaired) electrons. The molecule has 0 saturated heterocycles. The van der Waals surface area contributed by atoms with E-state index in [1.165, 1.54) is 19.3 Å². The van der Waals surface area contributed by atoms with Crippen molar-refractivity contribution in [3.63, 3.8) is 0 Å². The monoisotopic (exact) mass is 188 g/mol. The minimum absolute atomic E-state index is 0.181. The van der Waals surface area contributed by atoms with Crippen molar-refractivity contribution >= 4 is 5.97 Å². The van der Waals surface area contributed by atoms with Gasteiger partial charge in [-0.3, -0.25) is 0 Å². The minimum Gasteiger partial charge on any atom is -0.463 e. The fourth-order valence-corrected chi connectivity index (χ4v) is 0.620. The second kappa shape index (κ2) is 5.72. The van der Waals surface area contributed by atoms with Crippen LogP contribution in [0.4, 0.5) is 0 Å². The van der Waals surface area contributed by atoms with Gasteiger partial charge in [0.25, 0.3) is 0 Å². The molecule has 0 aromatic rings. The van der Waals surface area contributed by atoms with E-state index in [-0.39, 0.29) is 6.61 Å². The summed E-state index contributed by atoms with van der Waals surface area (Å²) < 4.78 is 9.63. The second-order valence-electron chi connectivity index (χ2n) is 2.76. The third-order valence-corrected chi connectivity index (χ3v) is 1.64. The fraction of sp³-hybridized carbons (Fsp3) is 0.667. The summed E-state index contributed by atoms with van der Waals surface area (Å²) in [5.41, 5.74) is -0.813. The van der Waals surface area contributed by atoms with E-state index in [1.54, 1.807) is 13.8 Å². The Morgan fingerprint density at radius 1 is 1.62 bits per heavy atom. The number of ether oxygens (including phenoxy) is 2. The van der Waals surface area contributed by atoms with Crippen molar-refractivity contribution < 1.29 is 19.4 Å². The number of aliphatic hydroxyl groups is 1. The van der Waals surface area contributed by atoms with Gasteiger partial charge in [-0.15, -0.1) is 0 Å². The molecule has 0 aliphatic carbocycles. The molecular weight excluding hydrogens is 172 g/mol. The van der Waals surface area contributed by atoms with Crippen LogP contribution in [0.3, 0.4) is 0 Å². The molecular formula is C9H16O4. The molecule has 13 heavy (non-hydrogen) atoms. The van der Waals surface area contributed by atoms with Crippen LogP contribution in [0.1, 0.15) is 13.8 Å². The summed E-state index contributed by atoms with van der Waals surface area (Å²) in [7, 11) is 1.46. The van der Waals surface area contributed by atoms with Crippen LogP contribution in [0.15, 0.2) is 12.2 Å². The summed E-state index contributed by atoms with van der Waals surface area (Å²) in [5, 5.41) is 8.90. The zero-order chi connectivity index (χ0) is 10.3. The highest BCUT2D eigenvalue weighted by Gasteiger charge is 2.18. The van der Waals surface area contributed by atoms with Gasteiger partial charge in [0.2, 0.25) is 0 Å². The molecule has 0 aliphatic heterocycles. The van der Waals surface area contributed by atoms with E-state index in [0.29, 0.717) is 6.61 Å². The molecule has 76 valence electrons. The minimum atomic E-state index is -0.813. The molecule has 0 saturated carbocycles. The van der Waals surface area contributed by atoms with E-state index < -0.39 is 11.6 Å². The molecule has 0 heterocycles. The molecule has 0 aromatic carbocycles. The van der Waals surface area contributed by atoms with Crippen molar-refractivity contribution in [1.82, 2.24) is 0 Å². The lowest BCUT2D eigenvalue weighted by atomic mass is 10.1. The maximum absolute atomic E-state index is 10.9. The standard InChI is InChI=1S/C9H16O4/c1-4-13-8(11)5-6-9(2,7-10)12-3/h5-6,10H,4,7H2,1-3H3/b6-5+. The summed E-state index contributed by atoms with van der Waals surface area (Å²) >= 11 is 0. The lowest BCUT2D eigenvalue weighted by Gasteiger charge is -2.20. The van der Waals surface area contributed by atoms with Gasteiger partial charge < -0.3 is 14.6 Å². The van der Waals surface area contributed by atoms with Crippen molar-refractivity contribution in [2.45, 2.75) is 19.4 Å². The van der Waals surface area contributed by atoms with Crippen molar-refractivity contribution in [3.05, 3.63) is 12.2 Å². The van der Waals surface area contributed by atoms with E-state index in [0.717, 1.165) is 0 Å². The van der Waals surface area contributed by atoms with Gasteiger partial charge in [0.05, 0.1) is 13.2 Å². The van der Waals surface area contributed by atoms with Gasteiger partial charge in [-0.1, -0.05) is 0 Å². The Labute approximate surface area is 78.2 Å². The Hall–Kier alpha value is -0.870. The molecule has 4 heteroatoms. The molecule has 0 aromatic heterocycles. The molecule has 0 spiro atoms. The molecule has 0 amide bonds. The van der Waals surface area contributed by atoms with Gasteiger partial charge >= 0.3 is 5.97 Å². The molecule has 1 unspecified atom stereocenters. The van der Waals surface area contributed by atoms with Crippen LogP contribution < -0.4 is 0 Å². The van der Waals surface area contributed by atoms with Crippen LogP contribution in [0.25, 0.3) is 0 Å². The number of aliphatic hydroxyl groups excluding tert-OH is 1. The number of hydrogen-bond donors (Lipinski definition) is 1. The van der Waals surface area contributed by atoms with Crippen LogP contribution in [0.5, 0.6) is 0 Å². The van der Waals surface area contributed by atoms with Crippen molar-refractivity contribution in [2.24, 2.45) is 0 Å². The first-order valence-corrected chi connectivity index (χ1v) is 4.10. The number of rotatable bonds is 5. The van der Waals surface area contributed by atoms with Crippen LogP contribution in [-0.2, 0) is 14.3 Å². The highest BCUT2D eigenvalue weighted by molar-refractivity contribution is 5.82. The maximum Gasteiger partial charge on any atom is 0.330 e. The zero-order valence-electron chi connectivity index (χ0n) is 8.24. The second-order valence-corrected chi connectivity index (χ2v) is 2.76. The zero-order valence-corrected chi connectivity index (χ0v) is 8.24. The van der Waals surface area contributed by atoms with Crippen LogP contribution in [0, 0.1) is 0 Å². The lowest BCUT2D eigenvalue weighted by Crippen LogP contribution is -2.29. The Kier molecular flexibility index (Phi) is 5.34. The van der Waals surface area contributed by atoms with Crippen molar-refractivity contribution in [2.75, 3.05) is 20.3 Å². The Morgan fingerprint density at radius 2 is 2.23 bits per heavy atom. The molecule has 0 aliphatic rings. The fourth-order valence-electron chi connectivity index (χ4n) is 0.620. The Balaban J connectivity index is 4.14. The van der Waals surface area contributed by atoms with E-state index in [4.69, 9.17) is 9.84 Å². The van der Waals surface area contributed by atoms with Crippen LogP contribution in [-0.4, -0.2) is 37.0 Å². The third kappa shape index (κ3) is 4.65. The van der Waals surface area contributed by atoms with Gasteiger partial charge in [-0.05, 0) is 19.9 Å². The predicted octanol–water partition coefficient (Wildman–Crippen LogP) is 0.503. The van der Waals surface area contributed by atoms with E-state index in [2.05, 4.69) is 4.74 Å². The van der Waals surface area contributed by atoms with Gasteiger partial charge in [-0.2, -0.15) is 0 Å². The number of methoxy groups -OCH3 is 1. The van der Waals surface area contributed by atoms with E-state index >= 15 is 0 Å². The van der Waals surface area contributed by atoms with Gasteiger partial charge in [0, 0.05) is 13.2 Å². The normalized spacial score (nSPS) is 15.7. The predicted molar refractivity (Wildman–Crippen MR) is 48.3 cm³/mol. The summed E-state index contributed by atoms with van der Waals surface area (Å²) in [5.74, 6) is -0.431. The van der Waals surface area contributed by atoms with E-state index in [1.807, 2.05) is 0 Å². The lowest BCUT2D eigenvalue weighted by molar-refractivity contribution is -0.137. The maximum atomic E-state index is 10.9. The molecule has 0 fully saturated rings. The largest absolute Gasteiger partial charge is 0.463 e. The SMILES string of the molecule is CCOC(=O)/C=C/C(C)(CO)OC. The van der Waals surface area contributed by atoms with Gasteiger partial charge in [0.15, 0.2) is 0 Å². The summed E-state index contributed by atoms with van der Waals surface area (Å²) in [4.78, 5) is 10.9. The topological polar surface area (TPSA) is 55.8 Å². The summed E-state index contributed by atoms with van der Waals surface area (Å²) in [6, 6.07) is 0. The Morgan fingerprint density at radius 3 is 2.62 bits per heavy atom. The summed E-state index contributed by atoms with van der Waals surface area (Å²) in [6.45, 7) is 3.56. The number of esters is 1. The van der Waals surface area contributed by atoms with Crippen molar-refractivity contribution in [3.8, 4) is 0 Å². The average Bonchev–Trinajstić information content (AvgIpc) is 2.15. The first-order valence-electron chi connectivity index (χ1n) is 4.10. The number of carbonyl (C=O) groups is 1. The van der Waals surface area contributed by atoms with Gasteiger partial charge in [-0.25, -0.2) is 4.79 Å². The van der Waals surface area contributed by atoms with Crippen LogP contribution in [0.2, 0.25) is 0 Å². The third-order valence-electron chi connectivity index (χ3n) is 1.64. The highest BCUT2D eigenvalue weighted by Crippen LogP contribution is 2.09. The first kappa shape index (κ1) is 12.1. The average molecular weight is 188 g/mol. The molecule has 1 atom stereocenters. The molecule has 0 bridgehead atoms. The number of carbonyl (C=O) groups excluding carboxylic acids is 1. The highest BCUT2D eigenvalue weighted by atomic mass is 16.5. The Bertz CT molecular complexity index is 182. The molecule has 4 nitrogen and oxygen atoms in total. The van der Waals surface area contributed by atoms with Gasteiger partial charge in [0.1, 0.15) is 5.60 Å². The molecule has 0 rings (SSSR count). The van der Waals surface area contributed by atoms with Crippen LogP contribution >= 0.6 is 0 Å². The molecule has 1 N–H and O–H groups in total. The van der Waals surface area contributed by atoms with Crippen molar-refractivity contribution in [1.29, 1.82) is 0 Å².